The molecule has 1 unspecified atom stereocenters. The van der Waals surface area contributed by atoms with Crippen molar-refractivity contribution >= 4 is 11.8 Å². The van der Waals surface area contributed by atoms with Crippen LogP contribution in [-0.2, 0) is 6.42 Å². The van der Waals surface area contributed by atoms with Crippen molar-refractivity contribution in [2.24, 2.45) is 5.92 Å². The van der Waals surface area contributed by atoms with Gasteiger partial charge in [0.15, 0.2) is 5.69 Å². The number of rotatable bonds is 9. The van der Waals surface area contributed by atoms with E-state index in [4.69, 9.17) is 14.6 Å². The molecule has 7 nitrogen and oxygen atoms in total. The first kappa shape index (κ1) is 18.5. The van der Waals surface area contributed by atoms with Crippen LogP contribution in [0.15, 0.2) is 36.4 Å². The van der Waals surface area contributed by atoms with E-state index < -0.39 is 5.97 Å². The molecule has 7 heteroatoms. The zero-order valence-electron chi connectivity index (χ0n) is 14.2. The van der Waals surface area contributed by atoms with Gasteiger partial charge in [0.2, 0.25) is 0 Å². The molecule has 0 bridgehead atoms. The first-order valence-electron chi connectivity index (χ1n) is 7.82. The van der Waals surface area contributed by atoms with Crippen molar-refractivity contribution in [3.63, 3.8) is 0 Å². The number of methoxy groups -OCH3 is 2. The van der Waals surface area contributed by atoms with Gasteiger partial charge in [-0.1, -0.05) is 6.07 Å². The lowest BCUT2D eigenvalue weighted by Gasteiger charge is -2.17. The van der Waals surface area contributed by atoms with E-state index in [0.29, 0.717) is 30.3 Å². The van der Waals surface area contributed by atoms with Crippen LogP contribution in [-0.4, -0.2) is 48.5 Å². The van der Waals surface area contributed by atoms with Crippen LogP contribution in [0.4, 0.5) is 5.82 Å². The quantitative estimate of drug-likeness (QED) is 0.639. The van der Waals surface area contributed by atoms with Gasteiger partial charge in [0.25, 0.3) is 0 Å². The molecule has 1 aromatic heterocycles. The van der Waals surface area contributed by atoms with Gasteiger partial charge in [0, 0.05) is 25.1 Å². The molecule has 0 saturated carbocycles. The fourth-order valence-electron chi connectivity index (χ4n) is 2.42. The van der Waals surface area contributed by atoms with E-state index >= 15 is 0 Å². The molecule has 1 atom stereocenters. The van der Waals surface area contributed by atoms with Crippen LogP contribution in [0.1, 0.15) is 16.1 Å². The molecular weight excluding hydrogens is 324 g/mol. The van der Waals surface area contributed by atoms with Gasteiger partial charge in [-0.3, -0.25) is 0 Å². The van der Waals surface area contributed by atoms with Gasteiger partial charge in [0.1, 0.15) is 17.3 Å². The molecular formula is C18H22N2O5. The number of ether oxygens (including phenoxy) is 2. The van der Waals surface area contributed by atoms with Gasteiger partial charge in [0.05, 0.1) is 14.2 Å². The van der Waals surface area contributed by atoms with Gasteiger partial charge in [-0.15, -0.1) is 0 Å². The smallest absolute Gasteiger partial charge is 0.354 e. The van der Waals surface area contributed by atoms with E-state index in [1.807, 2.05) is 12.1 Å². The van der Waals surface area contributed by atoms with E-state index in [2.05, 4.69) is 10.3 Å². The summed E-state index contributed by atoms with van der Waals surface area (Å²) in [6.45, 7) is 0.428. The normalized spacial score (nSPS) is 11.6. The second kappa shape index (κ2) is 8.89. The first-order chi connectivity index (χ1) is 12.0. The van der Waals surface area contributed by atoms with Gasteiger partial charge in [-0.05, 0) is 36.2 Å². The molecule has 0 saturated heterocycles. The number of hydrogen-bond donors (Lipinski definition) is 3. The van der Waals surface area contributed by atoms with Gasteiger partial charge >= 0.3 is 5.97 Å². The third-order valence-corrected chi connectivity index (χ3v) is 3.73. The third-order valence-electron chi connectivity index (χ3n) is 3.73. The summed E-state index contributed by atoms with van der Waals surface area (Å²) in [7, 11) is 3.18. The second-order valence-electron chi connectivity index (χ2n) is 5.57. The first-order valence-corrected chi connectivity index (χ1v) is 7.82. The van der Waals surface area contributed by atoms with Gasteiger partial charge < -0.3 is 25.0 Å². The van der Waals surface area contributed by atoms with Crippen molar-refractivity contribution in [2.75, 3.05) is 32.7 Å². The third kappa shape index (κ3) is 5.36. The highest BCUT2D eigenvalue weighted by atomic mass is 16.5. The minimum Gasteiger partial charge on any atom is -0.497 e. The van der Waals surface area contributed by atoms with Crippen LogP contribution in [0.25, 0.3) is 0 Å². The van der Waals surface area contributed by atoms with E-state index in [-0.39, 0.29) is 18.2 Å². The number of aliphatic hydroxyl groups excluding tert-OH is 1. The zero-order valence-corrected chi connectivity index (χ0v) is 14.2. The SMILES string of the molecule is COc1cc(CC(CO)CNc2cccc(C(=O)O)n2)cc(OC)c1. The predicted molar refractivity (Wildman–Crippen MR) is 93.5 cm³/mol. The maximum Gasteiger partial charge on any atom is 0.354 e. The number of benzene rings is 1. The molecule has 0 fully saturated rings. The van der Waals surface area contributed by atoms with Crippen molar-refractivity contribution in [3.8, 4) is 11.5 Å². The number of carbonyl (C=O) groups is 1. The van der Waals surface area contributed by atoms with Crippen LogP contribution in [0.3, 0.4) is 0 Å². The Morgan fingerprint density at radius 1 is 1.20 bits per heavy atom. The standard InChI is InChI=1S/C18H22N2O5/c1-24-14-7-12(8-15(9-14)25-2)6-13(11-21)10-19-17-5-3-4-16(20-17)18(22)23/h3-5,7-9,13,21H,6,10-11H2,1-2H3,(H,19,20)(H,22,23). The molecule has 2 aromatic rings. The minimum absolute atomic E-state index is 0.0227. The molecule has 1 heterocycles. The Morgan fingerprint density at radius 3 is 2.44 bits per heavy atom. The summed E-state index contributed by atoms with van der Waals surface area (Å²) in [6.07, 6.45) is 0.607. The van der Waals surface area contributed by atoms with Crippen LogP contribution in [0.5, 0.6) is 11.5 Å². The lowest BCUT2D eigenvalue weighted by Crippen LogP contribution is -2.21. The lowest BCUT2D eigenvalue weighted by atomic mass is 9.99. The second-order valence-corrected chi connectivity index (χ2v) is 5.57. The fraction of sp³-hybridized carbons (Fsp3) is 0.333. The highest BCUT2D eigenvalue weighted by Crippen LogP contribution is 2.24. The van der Waals surface area contributed by atoms with E-state index in [1.165, 1.54) is 6.07 Å². The molecule has 0 radical (unpaired) electrons. The van der Waals surface area contributed by atoms with Gasteiger partial charge in [-0.2, -0.15) is 0 Å². The van der Waals surface area contributed by atoms with E-state index in [0.717, 1.165) is 5.56 Å². The minimum atomic E-state index is -1.08. The maximum atomic E-state index is 11.0. The Morgan fingerprint density at radius 2 is 1.88 bits per heavy atom. The number of pyridine rings is 1. The molecule has 0 aliphatic heterocycles. The summed E-state index contributed by atoms with van der Waals surface area (Å²) < 4.78 is 10.5. The predicted octanol–water partition coefficient (Wildman–Crippen LogP) is 2.06. The summed E-state index contributed by atoms with van der Waals surface area (Å²) in [4.78, 5) is 15.0. The topological polar surface area (TPSA) is 101 Å². The maximum absolute atomic E-state index is 11.0. The van der Waals surface area contributed by atoms with Crippen molar-refractivity contribution in [1.29, 1.82) is 0 Å². The van der Waals surface area contributed by atoms with Crippen LogP contribution in [0, 0.1) is 5.92 Å². The molecule has 1 aromatic carbocycles. The molecule has 2 rings (SSSR count). The monoisotopic (exact) mass is 346 g/mol. The Hall–Kier alpha value is -2.80. The van der Waals surface area contributed by atoms with Crippen molar-refractivity contribution in [3.05, 3.63) is 47.7 Å². The lowest BCUT2D eigenvalue weighted by molar-refractivity contribution is 0.0690. The summed E-state index contributed by atoms with van der Waals surface area (Å²) in [5, 5.41) is 21.7. The number of hydrogen-bond acceptors (Lipinski definition) is 6. The molecule has 0 aliphatic carbocycles. The number of nitrogens with one attached hydrogen (secondary N) is 1. The summed E-state index contributed by atoms with van der Waals surface area (Å²) in [5.74, 6) is 0.684. The summed E-state index contributed by atoms with van der Waals surface area (Å²) >= 11 is 0. The average molecular weight is 346 g/mol. The molecule has 0 amide bonds. The Balaban J connectivity index is 2.03. The summed E-state index contributed by atoms with van der Waals surface area (Å²) in [6, 6.07) is 10.3. The average Bonchev–Trinajstić information content (AvgIpc) is 2.64. The van der Waals surface area contributed by atoms with E-state index in [1.54, 1.807) is 32.4 Å². The van der Waals surface area contributed by atoms with Crippen LogP contribution >= 0.6 is 0 Å². The molecule has 25 heavy (non-hydrogen) atoms. The number of aromatic nitrogens is 1. The number of nitrogens with zero attached hydrogens (tertiary/aromatic N) is 1. The zero-order chi connectivity index (χ0) is 18.2. The van der Waals surface area contributed by atoms with Crippen molar-refractivity contribution in [1.82, 2.24) is 4.98 Å². The van der Waals surface area contributed by atoms with Crippen molar-refractivity contribution in [2.45, 2.75) is 6.42 Å². The molecule has 0 spiro atoms. The fourth-order valence-corrected chi connectivity index (χ4v) is 2.42. The Kier molecular flexibility index (Phi) is 6.59. The number of aromatic carboxylic acids is 1. The highest BCUT2D eigenvalue weighted by Gasteiger charge is 2.12. The Labute approximate surface area is 146 Å². The van der Waals surface area contributed by atoms with E-state index in [9.17, 15) is 9.90 Å². The number of carboxylic acid groups (broad SMARTS) is 1. The Bertz CT molecular complexity index is 698. The summed E-state index contributed by atoms with van der Waals surface area (Å²) in [5.41, 5.74) is 0.951. The van der Waals surface area contributed by atoms with Gasteiger partial charge in [-0.25, -0.2) is 9.78 Å². The largest absolute Gasteiger partial charge is 0.497 e. The molecule has 134 valence electrons. The van der Waals surface area contributed by atoms with Crippen LogP contribution < -0.4 is 14.8 Å². The van der Waals surface area contributed by atoms with Crippen molar-refractivity contribution < 1.29 is 24.5 Å². The highest BCUT2D eigenvalue weighted by molar-refractivity contribution is 5.85. The number of anilines is 1. The van der Waals surface area contributed by atoms with Crippen LogP contribution in [0.2, 0.25) is 0 Å². The number of aliphatic hydroxyl groups is 1. The molecule has 0 aliphatic rings. The molecule has 3 N–H and O–H groups in total. The number of carboxylic acids is 1.